The van der Waals surface area contributed by atoms with Crippen molar-refractivity contribution in [3.63, 3.8) is 0 Å². The zero-order valence-electron chi connectivity index (χ0n) is 9.60. The first-order chi connectivity index (χ1) is 8.19. The van der Waals surface area contributed by atoms with Crippen LogP contribution in [-0.2, 0) is 0 Å². The van der Waals surface area contributed by atoms with E-state index < -0.39 is 5.60 Å². The molecule has 1 saturated heterocycles. The zero-order valence-corrected chi connectivity index (χ0v) is 11.2. The molecule has 2 fully saturated rings. The molecule has 1 aromatic heterocycles. The molecule has 1 aromatic rings. The van der Waals surface area contributed by atoms with Gasteiger partial charge in [-0.3, -0.25) is 0 Å². The van der Waals surface area contributed by atoms with Gasteiger partial charge in [0.15, 0.2) is 11.0 Å². The normalized spacial score (nSPS) is 33.5. The Kier molecular flexibility index (Phi) is 3.00. The van der Waals surface area contributed by atoms with Gasteiger partial charge in [0.2, 0.25) is 0 Å². The van der Waals surface area contributed by atoms with Crippen LogP contribution in [0.15, 0.2) is 0 Å². The molecule has 2 aliphatic rings. The zero-order chi connectivity index (χ0) is 11.9. The van der Waals surface area contributed by atoms with E-state index in [9.17, 15) is 5.11 Å². The molecule has 3 rings (SSSR count). The summed E-state index contributed by atoms with van der Waals surface area (Å²) < 4.78 is 8.25. The van der Waals surface area contributed by atoms with Crippen molar-refractivity contribution in [1.82, 2.24) is 8.75 Å². The minimum atomic E-state index is -0.440. The molecule has 1 aliphatic carbocycles. The van der Waals surface area contributed by atoms with Crippen LogP contribution in [0.25, 0.3) is 0 Å². The smallest absolute Gasteiger partial charge is 0.187 e. The van der Waals surface area contributed by atoms with Gasteiger partial charge in [-0.15, -0.1) is 0 Å². The molecule has 94 valence electrons. The van der Waals surface area contributed by atoms with Crippen molar-refractivity contribution in [1.29, 1.82) is 0 Å². The van der Waals surface area contributed by atoms with Gasteiger partial charge in [-0.25, -0.2) is 0 Å². The second-order valence-electron chi connectivity index (χ2n) is 5.12. The van der Waals surface area contributed by atoms with E-state index in [0.717, 1.165) is 56.3 Å². The first-order valence-corrected chi connectivity index (χ1v) is 7.25. The molecule has 0 amide bonds. The van der Waals surface area contributed by atoms with Gasteiger partial charge < -0.3 is 10.0 Å². The maximum Gasteiger partial charge on any atom is 0.187 e. The highest BCUT2D eigenvalue weighted by molar-refractivity contribution is 6.99. The fourth-order valence-electron chi connectivity index (χ4n) is 3.12. The molecule has 2 atom stereocenters. The fourth-order valence-corrected chi connectivity index (χ4v) is 3.90. The Morgan fingerprint density at radius 3 is 3.00 bits per heavy atom. The van der Waals surface area contributed by atoms with Crippen LogP contribution in [0, 0.1) is 5.92 Å². The number of rotatable bonds is 1. The number of hydrogen-bond acceptors (Lipinski definition) is 5. The van der Waals surface area contributed by atoms with Crippen molar-refractivity contribution < 1.29 is 5.11 Å². The number of anilines is 1. The predicted octanol–water partition coefficient (Wildman–Crippen LogP) is 2.32. The van der Waals surface area contributed by atoms with E-state index in [0.29, 0.717) is 11.1 Å². The van der Waals surface area contributed by atoms with Crippen molar-refractivity contribution in [2.75, 3.05) is 18.0 Å². The van der Waals surface area contributed by atoms with E-state index in [4.69, 9.17) is 11.6 Å². The molecule has 2 heterocycles. The summed E-state index contributed by atoms with van der Waals surface area (Å²) in [5, 5.41) is 11.1. The summed E-state index contributed by atoms with van der Waals surface area (Å²) in [6.45, 7) is 1.69. The lowest BCUT2D eigenvalue weighted by Gasteiger charge is -2.47. The topological polar surface area (TPSA) is 49.2 Å². The average Bonchev–Trinajstić information content (AvgIpc) is 2.74. The van der Waals surface area contributed by atoms with Crippen LogP contribution >= 0.6 is 23.3 Å². The van der Waals surface area contributed by atoms with Gasteiger partial charge in [-0.05, 0) is 19.3 Å². The van der Waals surface area contributed by atoms with Crippen LogP contribution in [-0.4, -0.2) is 32.5 Å². The van der Waals surface area contributed by atoms with E-state index in [-0.39, 0.29) is 0 Å². The third-order valence-corrected chi connectivity index (χ3v) is 5.03. The fraction of sp³-hybridized carbons (Fsp3) is 0.818. The SMILES string of the molecule is OC12CCCCC1CN(c1nsnc1Cl)CC2. The summed E-state index contributed by atoms with van der Waals surface area (Å²) in [5.41, 5.74) is -0.440. The summed E-state index contributed by atoms with van der Waals surface area (Å²) in [6.07, 6.45) is 5.28. The van der Waals surface area contributed by atoms with Gasteiger partial charge in [0.25, 0.3) is 0 Å². The molecule has 17 heavy (non-hydrogen) atoms. The third-order valence-electron chi connectivity index (χ3n) is 4.16. The van der Waals surface area contributed by atoms with E-state index in [2.05, 4.69) is 13.6 Å². The van der Waals surface area contributed by atoms with Crippen LogP contribution in [0.1, 0.15) is 32.1 Å². The van der Waals surface area contributed by atoms with E-state index in [1.807, 2.05) is 0 Å². The number of aliphatic hydroxyl groups is 1. The lowest BCUT2D eigenvalue weighted by atomic mass is 9.71. The summed E-state index contributed by atoms with van der Waals surface area (Å²) >= 11 is 7.17. The van der Waals surface area contributed by atoms with Crippen LogP contribution in [0.3, 0.4) is 0 Å². The van der Waals surface area contributed by atoms with Gasteiger partial charge in [0.1, 0.15) is 0 Å². The van der Waals surface area contributed by atoms with Crippen LogP contribution in [0.2, 0.25) is 5.15 Å². The highest BCUT2D eigenvalue weighted by atomic mass is 35.5. The molecule has 0 radical (unpaired) electrons. The molecule has 1 saturated carbocycles. The number of piperidine rings is 1. The Hall–Kier alpha value is -0.390. The van der Waals surface area contributed by atoms with Gasteiger partial charge >= 0.3 is 0 Å². The monoisotopic (exact) mass is 273 g/mol. The molecule has 2 unspecified atom stereocenters. The lowest BCUT2D eigenvalue weighted by molar-refractivity contribution is -0.0613. The van der Waals surface area contributed by atoms with Crippen molar-refractivity contribution in [2.24, 2.45) is 5.92 Å². The highest BCUT2D eigenvalue weighted by Crippen LogP contribution is 2.41. The molecule has 1 N–H and O–H groups in total. The Morgan fingerprint density at radius 1 is 1.35 bits per heavy atom. The maximum atomic E-state index is 10.6. The van der Waals surface area contributed by atoms with Crippen LogP contribution in [0.5, 0.6) is 0 Å². The highest BCUT2D eigenvalue weighted by Gasteiger charge is 2.43. The van der Waals surface area contributed by atoms with E-state index >= 15 is 0 Å². The predicted molar refractivity (Wildman–Crippen MR) is 68.7 cm³/mol. The second kappa shape index (κ2) is 4.37. The minimum Gasteiger partial charge on any atom is -0.389 e. The first-order valence-electron chi connectivity index (χ1n) is 6.14. The van der Waals surface area contributed by atoms with Gasteiger partial charge in [0.05, 0.1) is 17.3 Å². The Bertz CT molecular complexity index is 413. The van der Waals surface area contributed by atoms with Gasteiger partial charge in [-0.1, -0.05) is 24.4 Å². The summed E-state index contributed by atoms with van der Waals surface area (Å²) in [7, 11) is 0. The first kappa shape index (κ1) is 11.7. The standard InChI is InChI=1S/C11H16ClN3OS/c12-9-10(14-17-13-9)15-6-5-11(16)4-2-1-3-8(11)7-15/h8,16H,1-7H2. The molecular formula is C11H16ClN3OS. The lowest BCUT2D eigenvalue weighted by Crippen LogP contribution is -2.53. The Balaban J connectivity index is 1.78. The molecule has 0 aromatic carbocycles. The average molecular weight is 274 g/mol. The number of hydrogen-bond donors (Lipinski definition) is 1. The molecule has 0 spiro atoms. The van der Waals surface area contributed by atoms with Crippen molar-refractivity contribution >= 4 is 29.1 Å². The third kappa shape index (κ3) is 2.04. The molecule has 4 nitrogen and oxygen atoms in total. The Morgan fingerprint density at radius 2 is 2.24 bits per heavy atom. The number of fused-ring (bicyclic) bond motifs is 1. The summed E-state index contributed by atoms with van der Waals surface area (Å²) in [6, 6.07) is 0. The van der Waals surface area contributed by atoms with Crippen LogP contribution in [0.4, 0.5) is 5.82 Å². The molecule has 0 bridgehead atoms. The minimum absolute atomic E-state index is 0.364. The largest absolute Gasteiger partial charge is 0.389 e. The maximum absolute atomic E-state index is 10.6. The van der Waals surface area contributed by atoms with Gasteiger partial charge in [0, 0.05) is 19.0 Å². The quantitative estimate of drug-likeness (QED) is 0.853. The van der Waals surface area contributed by atoms with Crippen LogP contribution < -0.4 is 4.90 Å². The number of aromatic nitrogens is 2. The van der Waals surface area contributed by atoms with E-state index in [1.54, 1.807) is 0 Å². The summed E-state index contributed by atoms with van der Waals surface area (Å²) in [4.78, 5) is 2.18. The molecule has 1 aliphatic heterocycles. The Labute approximate surface area is 110 Å². The number of halogens is 1. The summed E-state index contributed by atoms with van der Waals surface area (Å²) in [5.74, 6) is 1.16. The number of nitrogens with zero attached hydrogens (tertiary/aromatic N) is 3. The molecular weight excluding hydrogens is 258 g/mol. The van der Waals surface area contributed by atoms with Crippen molar-refractivity contribution in [3.05, 3.63) is 5.15 Å². The second-order valence-corrected chi connectivity index (χ2v) is 6.01. The van der Waals surface area contributed by atoms with Crippen molar-refractivity contribution in [3.8, 4) is 0 Å². The van der Waals surface area contributed by atoms with Gasteiger partial charge in [-0.2, -0.15) is 8.75 Å². The van der Waals surface area contributed by atoms with E-state index in [1.165, 1.54) is 6.42 Å². The molecule has 6 heteroatoms. The van der Waals surface area contributed by atoms with Crippen molar-refractivity contribution in [2.45, 2.75) is 37.7 Å².